The third kappa shape index (κ3) is 2.27. The number of nitriles is 1. The summed E-state index contributed by atoms with van der Waals surface area (Å²) in [6.45, 7) is 1.94. The summed E-state index contributed by atoms with van der Waals surface area (Å²) in [4.78, 5) is 17.3. The summed E-state index contributed by atoms with van der Waals surface area (Å²) in [5.74, 6) is 0.522. The van der Waals surface area contributed by atoms with Gasteiger partial charge in [0.1, 0.15) is 22.2 Å². The Morgan fingerprint density at radius 2 is 2.26 bits per heavy atom. The number of hydrogen-bond acceptors (Lipinski definition) is 6. The Balaban J connectivity index is 1.85. The van der Waals surface area contributed by atoms with Crippen molar-refractivity contribution in [2.45, 2.75) is 32.1 Å². The van der Waals surface area contributed by atoms with E-state index in [9.17, 15) is 10.1 Å². The van der Waals surface area contributed by atoms with E-state index in [1.54, 1.807) is 22.7 Å². The molecular formula is C20H17N4OS2+. The molecule has 1 aliphatic heterocycles. The van der Waals surface area contributed by atoms with Crippen molar-refractivity contribution in [2.75, 3.05) is 11.1 Å². The number of H-pyrrole nitrogens is 1. The van der Waals surface area contributed by atoms with Crippen molar-refractivity contribution in [2.24, 2.45) is 0 Å². The topological polar surface area (TPSA) is 93.1 Å². The number of nitrogens with zero attached hydrogens (tertiary/aromatic N) is 1. The lowest BCUT2D eigenvalue weighted by molar-refractivity contribution is -0.327. The van der Waals surface area contributed by atoms with Gasteiger partial charge in [-0.1, -0.05) is 6.07 Å². The lowest BCUT2D eigenvalue weighted by atomic mass is 9.79. The van der Waals surface area contributed by atoms with Gasteiger partial charge < -0.3 is 5.32 Å². The molecule has 3 aromatic rings. The van der Waals surface area contributed by atoms with Crippen molar-refractivity contribution in [1.82, 2.24) is 0 Å². The van der Waals surface area contributed by atoms with Crippen molar-refractivity contribution in [3.63, 3.8) is 0 Å². The van der Waals surface area contributed by atoms with Gasteiger partial charge in [-0.05, 0) is 36.8 Å². The molecule has 0 bridgehead atoms. The van der Waals surface area contributed by atoms with Crippen LogP contribution in [0.15, 0.2) is 28.8 Å². The number of ketones is 1. The van der Waals surface area contributed by atoms with Gasteiger partial charge in [-0.3, -0.25) is 10.5 Å². The molecule has 0 spiro atoms. The molecule has 134 valence electrons. The average Bonchev–Trinajstić information content (AvgIpc) is 3.29. The number of rotatable bonds is 1. The van der Waals surface area contributed by atoms with Crippen LogP contribution in [0.5, 0.6) is 0 Å². The Labute approximate surface area is 164 Å². The maximum absolute atomic E-state index is 12.9. The normalized spacial score (nSPS) is 18.8. The SMILES string of the molecule is Cc1c(C#N)c(N)[nH+]c2c3c(sc12)NC1=C(C(=O)CCC1)[C@H]3c1cccs1. The van der Waals surface area contributed by atoms with E-state index in [1.807, 2.05) is 13.0 Å². The maximum atomic E-state index is 12.9. The van der Waals surface area contributed by atoms with E-state index in [-0.39, 0.29) is 11.7 Å². The highest BCUT2D eigenvalue weighted by molar-refractivity contribution is 7.23. The summed E-state index contributed by atoms with van der Waals surface area (Å²) in [6, 6.07) is 6.33. The number of pyridine rings is 1. The molecule has 1 atom stereocenters. The van der Waals surface area contributed by atoms with Crippen LogP contribution in [0.4, 0.5) is 10.8 Å². The third-order valence-corrected chi connectivity index (χ3v) is 7.60. The van der Waals surface area contributed by atoms with E-state index in [0.717, 1.165) is 55.3 Å². The first kappa shape index (κ1) is 16.5. The molecule has 0 aromatic carbocycles. The Bertz CT molecular complexity index is 1180. The first-order valence-corrected chi connectivity index (χ1v) is 10.5. The van der Waals surface area contributed by atoms with Crippen LogP contribution < -0.4 is 16.0 Å². The van der Waals surface area contributed by atoms with Gasteiger partial charge in [-0.15, -0.1) is 22.7 Å². The van der Waals surface area contributed by atoms with Crippen molar-refractivity contribution in [3.8, 4) is 6.07 Å². The minimum atomic E-state index is -0.0826. The molecule has 0 amide bonds. The molecule has 1 aliphatic carbocycles. The van der Waals surface area contributed by atoms with Gasteiger partial charge in [0.15, 0.2) is 5.78 Å². The zero-order valence-electron chi connectivity index (χ0n) is 14.7. The van der Waals surface area contributed by atoms with E-state index < -0.39 is 0 Å². The monoisotopic (exact) mass is 393 g/mol. The second-order valence-corrected chi connectivity index (χ2v) is 8.94. The van der Waals surface area contributed by atoms with E-state index in [1.165, 1.54) is 0 Å². The van der Waals surface area contributed by atoms with Crippen LogP contribution in [0.3, 0.4) is 0 Å². The summed E-state index contributed by atoms with van der Waals surface area (Å²) >= 11 is 3.30. The zero-order valence-corrected chi connectivity index (χ0v) is 16.3. The van der Waals surface area contributed by atoms with Gasteiger partial charge in [0.25, 0.3) is 5.82 Å². The quantitative estimate of drug-likeness (QED) is 0.651. The third-order valence-electron chi connectivity index (χ3n) is 5.43. The highest BCUT2D eigenvalue weighted by Crippen LogP contribution is 2.52. The summed E-state index contributed by atoms with van der Waals surface area (Å²) < 4.78 is 1.02. The minimum Gasteiger partial charge on any atom is -0.350 e. The molecule has 7 heteroatoms. The minimum absolute atomic E-state index is 0.0826. The van der Waals surface area contributed by atoms with Gasteiger partial charge in [-0.25, -0.2) is 4.98 Å². The number of aryl methyl sites for hydroxylation is 1. The number of carbonyl (C=O) groups is 1. The molecule has 4 N–H and O–H groups in total. The summed E-state index contributed by atoms with van der Waals surface area (Å²) in [5.41, 5.74) is 11.5. The molecule has 3 aromatic heterocycles. The fourth-order valence-corrected chi connectivity index (χ4v) is 6.28. The number of thiophene rings is 2. The molecule has 5 rings (SSSR count). The summed E-state index contributed by atoms with van der Waals surface area (Å²) in [6.07, 6.45) is 2.38. The Morgan fingerprint density at radius 1 is 1.41 bits per heavy atom. The van der Waals surface area contributed by atoms with Crippen molar-refractivity contribution in [3.05, 3.63) is 50.4 Å². The van der Waals surface area contributed by atoms with Gasteiger partial charge in [0.05, 0.1) is 10.6 Å². The Kier molecular flexibility index (Phi) is 3.61. The highest BCUT2D eigenvalue weighted by atomic mass is 32.1. The second-order valence-electron chi connectivity index (χ2n) is 6.94. The van der Waals surface area contributed by atoms with Crippen LogP contribution in [0.2, 0.25) is 0 Å². The number of hydrogen-bond donors (Lipinski definition) is 2. The smallest absolute Gasteiger partial charge is 0.289 e. The van der Waals surface area contributed by atoms with E-state index >= 15 is 0 Å². The summed E-state index contributed by atoms with van der Waals surface area (Å²) in [7, 11) is 0. The van der Waals surface area contributed by atoms with Crippen LogP contribution in [-0.2, 0) is 4.79 Å². The Hall–Kier alpha value is -2.69. The number of aromatic amines is 1. The van der Waals surface area contributed by atoms with Gasteiger partial charge in [0, 0.05) is 28.1 Å². The number of nitrogens with two attached hydrogens (primary N) is 1. The first-order valence-electron chi connectivity index (χ1n) is 8.84. The number of fused-ring (bicyclic) bond motifs is 3. The predicted molar refractivity (Wildman–Crippen MR) is 108 cm³/mol. The molecule has 5 nitrogen and oxygen atoms in total. The standard InChI is InChI=1S/C20H16N4OS2/c1-9-10(8-21)19(22)24-17-16-15(13-6-3-7-26-13)14-11(4-2-5-12(14)25)23-20(16)27-18(9)17/h3,6-7,15,23H,2,4-5H2,1H3,(H2,22,24)/p+1/t15-/m1/s1. The van der Waals surface area contributed by atoms with Gasteiger partial charge in [-0.2, -0.15) is 5.26 Å². The maximum Gasteiger partial charge on any atom is 0.289 e. The molecule has 0 radical (unpaired) electrons. The number of nitrogen functional groups attached to an aromatic ring is 1. The first-order chi connectivity index (χ1) is 13.1. The number of allylic oxidation sites excluding steroid dienone is 2. The Morgan fingerprint density at radius 3 is 3.00 bits per heavy atom. The fourth-order valence-electron chi connectivity index (χ4n) is 4.21. The molecule has 0 saturated carbocycles. The molecular weight excluding hydrogens is 376 g/mol. The summed E-state index contributed by atoms with van der Waals surface area (Å²) in [5, 5.41) is 16.1. The highest BCUT2D eigenvalue weighted by Gasteiger charge is 2.39. The predicted octanol–water partition coefficient (Wildman–Crippen LogP) is 4.10. The van der Waals surface area contributed by atoms with E-state index in [2.05, 4.69) is 27.8 Å². The number of anilines is 2. The lowest BCUT2D eigenvalue weighted by Crippen LogP contribution is -2.26. The number of carbonyl (C=O) groups excluding carboxylic acids is 1. The number of aromatic nitrogens is 1. The van der Waals surface area contributed by atoms with Crippen molar-refractivity contribution < 1.29 is 9.78 Å². The number of nitrogens with one attached hydrogen (secondary N) is 2. The zero-order chi connectivity index (χ0) is 18.7. The molecule has 0 unspecified atom stereocenters. The van der Waals surface area contributed by atoms with Gasteiger partial charge in [0.2, 0.25) is 0 Å². The van der Waals surface area contributed by atoms with Crippen molar-refractivity contribution in [1.29, 1.82) is 5.26 Å². The van der Waals surface area contributed by atoms with E-state index in [0.29, 0.717) is 17.8 Å². The van der Waals surface area contributed by atoms with Crippen LogP contribution in [0, 0.1) is 18.3 Å². The largest absolute Gasteiger partial charge is 0.350 e. The van der Waals surface area contributed by atoms with Crippen LogP contribution >= 0.6 is 22.7 Å². The van der Waals surface area contributed by atoms with Crippen LogP contribution in [0.25, 0.3) is 10.2 Å². The van der Waals surface area contributed by atoms with Crippen LogP contribution in [-0.4, -0.2) is 5.78 Å². The molecule has 27 heavy (non-hydrogen) atoms. The molecule has 0 saturated heterocycles. The lowest BCUT2D eigenvalue weighted by Gasteiger charge is -2.31. The van der Waals surface area contributed by atoms with E-state index in [4.69, 9.17) is 5.73 Å². The number of Topliss-reactive ketones (excluding diaryl/α,β-unsaturated/α-hetero) is 1. The second kappa shape index (κ2) is 5.91. The van der Waals surface area contributed by atoms with Crippen LogP contribution in [0.1, 0.15) is 46.7 Å². The average molecular weight is 394 g/mol. The molecule has 4 heterocycles. The molecule has 0 fully saturated rings. The molecule has 2 aliphatic rings. The van der Waals surface area contributed by atoms with Gasteiger partial charge >= 0.3 is 0 Å². The fraction of sp³-hybridized carbons (Fsp3) is 0.250. The van der Waals surface area contributed by atoms with Crippen molar-refractivity contribution >= 4 is 49.5 Å².